The first-order valence-electron chi connectivity index (χ1n) is 5.64. The molecule has 0 radical (unpaired) electrons. The van der Waals surface area contributed by atoms with Crippen LogP contribution in [0.4, 0.5) is 11.5 Å². The Kier molecular flexibility index (Phi) is 3.40. The van der Waals surface area contributed by atoms with Crippen LogP contribution in [0.25, 0.3) is 0 Å². The van der Waals surface area contributed by atoms with Crippen LogP contribution in [0.1, 0.15) is 24.3 Å². The lowest BCUT2D eigenvalue weighted by molar-refractivity contribution is 0.198. The summed E-state index contributed by atoms with van der Waals surface area (Å²) in [7, 11) is 0. The molecule has 3 nitrogen and oxygen atoms in total. The van der Waals surface area contributed by atoms with Crippen molar-refractivity contribution in [2.75, 3.05) is 5.32 Å². The Labute approximate surface area is 101 Å². The molecule has 3 heteroatoms. The number of aromatic nitrogens is 1. The van der Waals surface area contributed by atoms with Gasteiger partial charge in [-0.2, -0.15) is 0 Å². The third kappa shape index (κ3) is 2.82. The van der Waals surface area contributed by atoms with Crippen molar-refractivity contribution in [3.8, 4) is 0 Å². The normalized spacial score (nSPS) is 12.2. The molecule has 0 saturated carbocycles. The molecular formula is C14H16N2O. The third-order valence-corrected chi connectivity index (χ3v) is 2.62. The Balaban J connectivity index is 2.21. The second-order valence-electron chi connectivity index (χ2n) is 4.04. The van der Waals surface area contributed by atoms with E-state index in [4.69, 9.17) is 0 Å². The van der Waals surface area contributed by atoms with Gasteiger partial charge >= 0.3 is 0 Å². The Morgan fingerprint density at radius 1 is 1.12 bits per heavy atom. The SMILES string of the molecule is Cc1nc(Nc2ccccc2)ccc1[C@@H](C)O. The summed E-state index contributed by atoms with van der Waals surface area (Å²) in [6.45, 7) is 3.65. The second-order valence-corrected chi connectivity index (χ2v) is 4.04. The fourth-order valence-electron chi connectivity index (χ4n) is 1.75. The molecule has 1 aromatic heterocycles. The van der Waals surface area contributed by atoms with Gasteiger partial charge in [-0.25, -0.2) is 4.98 Å². The Hall–Kier alpha value is -1.87. The zero-order valence-electron chi connectivity index (χ0n) is 10.0. The van der Waals surface area contributed by atoms with E-state index in [9.17, 15) is 5.11 Å². The van der Waals surface area contributed by atoms with E-state index in [1.807, 2.05) is 49.4 Å². The summed E-state index contributed by atoms with van der Waals surface area (Å²) >= 11 is 0. The van der Waals surface area contributed by atoms with Gasteiger partial charge in [0.1, 0.15) is 5.82 Å². The van der Waals surface area contributed by atoms with Gasteiger partial charge in [-0.3, -0.25) is 0 Å². The van der Waals surface area contributed by atoms with Crippen LogP contribution in [0, 0.1) is 6.92 Å². The number of anilines is 2. The van der Waals surface area contributed by atoms with E-state index in [0.29, 0.717) is 0 Å². The molecular weight excluding hydrogens is 212 g/mol. The van der Waals surface area contributed by atoms with Crippen molar-refractivity contribution in [3.05, 3.63) is 53.7 Å². The Morgan fingerprint density at radius 2 is 1.82 bits per heavy atom. The zero-order valence-corrected chi connectivity index (χ0v) is 10.0. The number of aliphatic hydroxyl groups is 1. The van der Waals surface area contributed by atoms with Crippen LogP contribution >= 0.6 is 0 Å². The quantitative estimate of drug-likeness (QED) is 0.848. The molecule has 0 amide bonds. The molecule has 2 N–H and O–H groups in total. The van der Waals surface area contributed by atoms with Crippen LogP contribution in [0.15, 0.2) is 42.5 Å². The predicted molar refractivity (Wildman–Crippen MR) is 69.3 cm³/mol. The molecule has 0 saturated heterocycles. The van der Waals surface area contributed by atoms with Gasteiger partial charge < -0.3 is 10.4 Å². The summed E-state index contributed by atoms with van der Waals surface area (Å²) in [4.78, 5) is 4.42. The third-order valence-electron chi connectivity index (χ3n) is 2.62. The molecule has 0 fully saturated rings. The van der Waals surface area contributed by atoms with Gasteiger partial charge in [0.2, 0.25) is 0 Å². The first-order chi connectivity index (χ1) is 8.16. The van der Waals surface area contributed by atoms with Crippen LogP contribution in [0.2, 0.25) is 0 Å². The average molecular weight is 228 g/mol. The highest BCUT2D eigenvalue weighted by Crippen LogP contribution is 2.20. The number of benzene rings is 1. The first-order valence-corrected chi connectivity index (χ1v) is 5.64. The molecule has 17 heavy (non-hydrogen) atoms. The van der Waals surface area contributed by atoms with Crippen molar-refractivity contribution in [1.29, 1.82) is 0 Å². The number of para-hydroxylation sites is 1. The van der Waals surface area contributed by atoms with Gasteiger partial charge in [0.05, 0.1) is 6.10 Å². The van der Waals surface area contributed by atoms with Crippen molar-refractivity contribution in [1.82, 2.24) is 4.98 Å². The van der Waals surface area contributed by atoms with E-state index >= 15 is 0 Å². The fraction of sp³-hybridized carbons (Fsp3) is 0.214. The molecule has 2 aromatic rings. The molecule has 1 heterocycles. The van der Waals surface area contributed by atoms with E-state index in [1.54, 1.807) is 6.92 Å². The van der Waals surface area contributed by atoms with E-state index in [0.717, 1.165) is 22.8 Å². The monoisotopic (exact) mass is 228 g/mol. The van der Waals surface area contributed by atoms with Gasteiger partial charge in [0.15, 0.2) is 0 Å². The summed E-state index contributed by atoms with van der Waals surface area (Å²) in [6.07, 6.45) is -0.478. The molecule has 0 aliphatic carbocycles. The topological polar surface area (TPSA) is 45.2 Å². The predicted octanol–water partition coefficient (Wildman–Crippen LogP) is 3.19. The molecule has 88 valence electrons. The van der Waals surface area contributed by atoms with Crippen LogP contribution in [-0.4, -0.2) is 10.1 Å². The van der Waals surface area contributed by atoms with Crippen LogP contribution in [-0.2, 0) is 0 Å². The van der Waals surface area contributed by atoms with Crippen LogP contribution in [0.5, 0.6) is 0 Å². The molecule has 0 aliphatic heterocycles. The van der Waals surface area contributed by atoms with Crippen molar-refractivity contribution in [3.63, 3.8) is 0 Å². The van der Waals surface area contributed by atoms with Crippen molar-refractivity contribution < 1.29 is 5.11 Å². The van der Waals surface area contributed by atoms with E-state index < -0.39 is 6.10 Å². The highest BCUT2D eigenvalue weighted by molar-refractivity contribution is 5.56. The van der Waals surface area contributed by atoms with Gasteiger partial charge in [-0.05, 0) is 32.0 Å². The van der Waals surface area contributed by atoms with E-state index in [1.165, 1.54) is 0 Å². The number of aliphatic hydroxyl groups excluding tert-OH is 1. The van der Waals surface area contributed by atoms with Crippen molar-refractivity contribution >= 4 is 11.5 Å². The number of nitrogens with zero attached hydrogens (tertiary/aromatic N) is 1. The minimum Gasteiger partial charge on any atom is -0.389 e. The fourth-order valence-corrected chi connectivity index (χ4v) is 1.75. The number of aryl methyl sites for hydroxylation is 1. The highest BCUT2D eigenvalue weighted by Gasteiger charge is 2.06. The van der Waals surface area contributed by atoms with E-state index in [-0.39, 0.29) is 0 Å². The molecule has 1 aromatic carbocycles. The summed E-state index contributed by atoms with van der Waals surface area (Å²) in [5.41, 5.74) is 2.72. The van der Waals surface area contributed by atoms with Crippen molar-refractivity contribution in [2.24, 2.45) is 0 Å². The summed E-state index contributed by atoms with van der Waals surface area (Å²) in [5, 5.41) is 12.7. The van der Waals surface area contributed by atoms with Crippen LogP contribution in [0.3, 0.4) is 0 Å². The molecule has 0 unspecified atom stereocenters. The lowest BCUT2D eigenvalue weighted by Crippen LogP contribution is -2.00. The number of pyridine rings is 1. The van der Waals surface area contributed by atoms with Gasteiger partial charge in [0.25, 0.3) is 0 Å². The van der Waals surface area contributed by atoms with Gasteiger partial charge in [-0.15, -0.1) is 0 Å². The maximum Gasteiger partial charge on any atom is 0.130 e. The molecule has 0 bridgehead atoms. The maximum atomic E-state index is 9.52. The Morgan fingerprint density at radius 3 is 2.41 bits per heavy atom. The zero-order chi connectivity index (χ0) is 12.3. The second kappa shape index (κ2) is 4.97. The smallest absolute Gasteiger partial charge is 0.130 e. The molecule has 0 spiro atoms. The lowest BCUT2D eigenvalue weighted by Gasteiger charge is -2.11. The minimum absolute atomic E-state index is 0.478. The minimum atomic E-state index is -0.478. The number of hydrogen-bond acceptors (Lipinski definition) is 3. The summed E-state index contributed by atoms with van der Waals surface area (Å²) in [5.74, 6) is 0.790. The first kappa shape index (κ1) is 11.6. The Bertz CT molecular complexity index is 495. The molecule has 2 rings (SSSR count). The van der Waals surface area contributed by atoms with E-state index in [2.05, 4.69) is 10.3 Å². The average Bonchev–Trinajstić information content (AvgIpc) is 2.30. The highest BCUT2D eigenvalue weighted by atomic mass is 16.3. The largest absolute Gasteiger partial charge is 0.389 e. The summed E-state index contributed by atoms with van der Waals surface area (Å²) in [6, 6.07) is 13.7. The van der Waals surface area contributed by atoms with Gasteiger partial charge in [0, 0.05) is 16.9 Å². The lowest BCUT2D eigenvalue weighted by atomic mass is 10.1. The number of hydrogen-bond donors (Lipinski definition) is 2. The number of rotatable bonds is 3. The van der Waals surface area contributed by atoms with Crippen molar-refractivity contribution in [2.45, 2.75) is 20.0 Å². The summed E-state index contributed by atoms with van der Waals surface area (Å²) < 4.78 is 0. The van der Waals surface area contributed by atoms with Gasteiger partial charge in [-0.1, -0.05) is 24.3 Å². The van der Waals surface area contributed by atoms with Crippen LogP contribution < -0.4 is 5.32 Å². The molecule has 0 aliphatic rings. The standard InChI is InChI=1S/C14H16N2O/c1-10-13(11(2)17)8-9-14(15-10)16-12-6-4-3-5-7-12/h3-9,11,17H,1-2H3,(H,15,16)/t11-/m1/s1. The maximum absolute atomic E-state index is 9.52. The molecule has 1 atom stereocenters. The number of nitrogens with one attached hydrogen (secondary N) is 1.